The number of hydrogen-bond acceptors (Lipinski definition) is 19. The highest BCUT2D eigenvalue weighted by molar-refractivity contribution is 7.91. The number of aliphatic carboxylic acids is 1. The number of amides is 8. The number of carbonyl (C=O) groups is 9. The molecular weight excluding hydrogens is 1360 g/mol. The Kier molecular flexibility index (Phi) is 26.5. The number of nitrogens with zero attached hydrogens (tertiary/aromatic N) is 5. The fourth-order valence-corrected chi connectivity index (χ4v) is 13.8. The average Bonchev–Trinajstić information content (AvgIpc) is 1.60. The van der Waals surface area contributed by atoms with Crippen LogP contribution in [0.1, 0.15) is 103 Å². The third-order valence-corrected chi connectivity index (χ3v) is 20.7. The standard InChI is InChI=1S/C73H95FN14O15S/c1-42(77-64(89)43(2)75-8)37-86-40-56-36-61(86)69(94)80-58(31-46-15-21-49(22-16-46)50-13-12-14-51(74)34-50)67(92)79-59(68(93)84-104(99,100)57-27-28-57)32-47-19-25-55(26-20-47)103-41-52-38-88(85-83-52)53-35-62(87(39-53)71(96)63(73(5,6)7)82-65(90)44(3)76-9)70(95)78-45(4)66(91)81-60(72(97)98)33-48-17-23-54(24-18-48)101-29-10-11-30-102-56/h10-26,34,38,42-45,53,56-63,75-76H,27-33,35-37,39-41H2,1-9H3,(H,77,89)(H,78,95)(H,79,92)(H,80,94)(H,81,91)(H,82,90)(H,84,93)(H,97,98). The summed E-state index contributed by atoms with van der Waals surface area (Å²) in [4.78, 5) is 130. The lowest BCUT2D eigenvalue weighted by molar-refractivity contribution is -0.145. The number of carbonyl (C=O) groups excluding carboxylic acids is 8. The molecule has 10 N–H and O–H groups in total. The van der Waals surface area contributed by atoms with Gasteiger partial charge in [0.2, 0.25) is 51.4 Å². The van der Waals surface area contributed by atoms with Crippen molar-refractivity contribution < 1.29 is 75.3 Å². The first-order valence-corrected chi connectivity index (χ1v) is 36.5. The van der Waals surface area contributed by atoms with E-state index in [4.69, 9.17) is 14.2 Å². The number of sulfonamides is 1. The predicted molar refractivity (Wildman–Crippen MR) is 381 cm³/mol. The largest absolute Gasteiger partial charge is 0.490 e. The van der Waals surface area contributed by atoms with E-state index in [1.807, 2.05) is 4.90 Å². The first-order chi connectivity index (χ1) is 49.4. The molecule has 7 aliphatic rings. The Bertz CT molecular complexity index is 4020. The van der Waals surface area contributed by atoms with Crippen molar-refractivity contribution >= 4 is 63.3 Å². The number of halogens is 1. The molecule has 10 bridgehead atoms. The first kappa shape index (κ1) is 78.4. The van der Waals surface area contributed by atoms with Crippen molar-refractivity contribution in [1.29, 1.82) is 0 Å². The van der Waals surface area contributed by atoms with Crippen LogP contribution in [0.15, 0.2) is 115 Å². The Labute approximate surface area is 604 Å². The zero-order chi connectivity index (χ0) is 75.2. The van der Waals surface area contributed by atoms with Crippen LogP contribution in [-0.4, -0.2) is 210 Å². The maximum absolute atomic E-state index is 15.1. The van der Waals surface area contributed by atoms with Crippen LogP contribution >= 0.6 is 0 Å². The Morgan fingerprint density at radius 3 is 1.95 bits per heavy atom. The van der Waals surface area contributed by atoms with Gasteiger partial charge in [-0.3, -0.25) is 48.0 Å². The van der Waals surface area contributed by atoms with Gasteiger partial charge < -0.3 is 66.8 Å². The molecule has 1 aliphatic carbocycles. The number of carboxylic acid groups (broad SMARTS) is 1. The number of likely N-dealkylation sites (N-methyl/N-ethyl adjacent to an activating group) is 2. The molecular formula is C73H95FN14O15S. The minimum atomic E-state index is -4.15. The predicted octanol–water partition coefficient (Wildman–Crippen LogP) is 2.14. The van der Waals surface area contributed by atoms with Crippen LogP contribution in [-0.2, 0) is 83.8 Å². The summed E-state index contributed by atoms with van der Waals surface area (Å²) < 4.78 is 63.3. The zero-order valence-electron chi connectivity index (χ0n) is 59.9. The maximum atomic E-state index is 15.1. The van der Waals surface area contributed by atoms with Crippen LogP contribution in [0.5, 0.6) is 11.5 Å². The van der Waals surface area contributed by atoms with E-state index in [9.17, 15) is 51.5 Å². The molecule has 12 rings (SSSR count). The van der Waals surface area contributed by atoms with E-state index in [0.29, 0.717) is 57.9 Å². The normalized spacial score (nSPS) is 23.3. The molecule has 560 valence electrons. The number of ether oxygens (including phenoxy) is 3. The number of rotatable bonds is 16. The summed E-state index contributed by atoms with van der Waals surface area (Å²) in [5.74, 6) is -6.26. The summed E-state index contributed by atoms with van der Waals surface area (Å²) >= 11 is 0. The quantitative estimate of drug-likeness (QED) is 0.0633. The molecule has 0 spiro atoms. The number of likely N-dealkylation sites (tertiary alicyclic amines) is 2. The van der Waals surface area contributed by atoms with E-state index in [2.05, 4.69) is 57.6 Å². The van der Waals surface area contributed by atoms with E-state index < -0.39 is 146 Å². The lowest BCUT2D eigenvalue weighted by Crippen LogP contribution is -2.60. The van der Waals surface area contributed by atoms with Gasteiger partial charge >= 0.3 is 5.97 Å². The molecule has 12 unspecified atom stereocenters. The van der Waals surface area contributed by atoms with Crippen LogP contribution in [0.3, 0.4) is 0 Å². The minimum absolute atomic E-state index is 0.0232. The van der Waals surface area contributed by atoms with Gasteiger partial charge in [-0.1, -0.05) is 92.7 Å². The molecule has 12 atom stereocenters. The van der Waals surface area contributed by atoms with Gasteiger partial charge in [0.25, 0.3) is 5.91 Å². The Morgan fingerprint density at radius 2 is 1.33 bits per heavy atom. The summed E-state index contributed by atoms with van der Waals surface area (Å²) in [5, 5.41) is 40.8. The van der Waals surface area contributed by atoms with Gasteiger partial charge in [0.15, 0.2) is 0 Å². The highest BCUT2D eigenvalue weighted by Crippen LogP contribution is 2.33. The molecule has 8 amide bonds. The Morgan fingerprint density at radius 1 is 0.712 bits per heavy atom. The maximum Gasteiger partial charge on any atom is 0.326 e. The Balaban J connectivity index is 1.01. The lowest BCUT2D eigenvalue weighted by atomic mass is 9.85. The Hall–Kier alpha value is -9.69. The van der Waals surface area contributed by atoms with E-state index in [1.54, 1.807) is 159 Å². The molecule has 31 heteroatoms. The SMILES string of the molecule is CNC(C)C(=O)NC(C)CN1CC2CC1C(=O)NC(Cc1ccc(-c3cccc(F)c3)cc1)C(=O)NC(C(=O)NS(=O)(=O)C1CC1)Cc1ccc(cc1)OCc1cn(nn1)C1CC(C(=O)NC(C)C(=O)NC(C(=O)O)Cc3ccc(cc3)OCC=CCO2)N(C(=O)C(NC(=O)C(C)NC)C(C)(C)C)C1. The summed E-state index contributed by atoms with van der Waals surface area (Å²) in [6, 6.07) is 14.8. The van der Waals surface area contributed by atoms with E-state index in [0.717, 1.165) is 0 Å². The van der Waals surface area contributed by atoms with Crippen LogP contribution in [0.4, 0.5) is 4.39 Å². The van der Waals surface area contributed by atoms with Gasteiger partial charge in [0.05, 0.1) is 48.3 Å². The van der Waals surface area contributed by atoms with Gasteiger partial charge in [0, 0.05) is 51.4 Å². The molecule has 3 fully saturated rings. The van der Waals surface area contributed by atoms with Crippen LogP contribution in [0.25, 0.3) is 11.1 Å². The van der Waals surface area contributed by atoms with Crippen molar-refractivity contribution in [3.63, 3.8) is 0 Å². The highest BCUT2D eigenvalue weighted by Gasteiger charge is 2.47. The van der Waals surface area contributed by atoms with Crippen molar-refractivity contribution in [1.82, 2.24) is 72.1 Å². The molecule has 6 aliphatic heterocycles. The smallest absolute Gasteiger partial charge is 0.326 e. The van der Waals surface area contributed by atoms with Gasteiger partial charge in [-0.2, -0.15) is 0 Å². The lowest BCUT2D eigenvalue weighted by Gasteiger charge is -2.36. The van der Waals surface area contributed by atoms with Crippen molar-refractivity contribution in [2.24, 2.45) is 5.41 Å². The van der Waals surface area contributed by atoms with Crippen molar-refractivity contribution in [3.05, 3.63) is 144 Å². The second-order valence-corrected chi connectivity index (χ2v) is 30.1. The fourth-order valence-electron chi connectivity index (χ4n) is 12.4. The first-order valence-electron chi connectivity index (χ1n) is 34.9. The summed E-state index contributed by atoms with van der Waals surface area (Å²) in [7, 11) is -0.890. The van der Waals surface area contributed by atoms with Gasteiger partial charge in [-0.25, -0.2) is 22.3 Å². The summed E-state index contributed by atoms with van der Waals surface area (Å²) in [6.45, 7) is 12.2. The second kappa shape index (κ2) is 35.2. The molecule has 7 heterocycles. The molecule has 1 saturated carbocycles. The average molecular weight is 1460 g/mol. The van der Waals surface area contributed by atoms with Crippen LogP contribution in [0, 0.1) is 11.2 Å². The van der Waals surface area contributed by atoms with E-state index in [-0.39, 0.29) is 77.5 Å². The van der Waals surface area contributed by atoms with Gasteiger partial charge in [-0.05, 0) is 137 Å². The number of aromatic nitrogens is 3. The third kappa shape index (κ3) is 21.5. The molecule has 1 aromatic heterocycles. The number of carboxylic acids is 1. The topological polar surface area (TPSA) is 381 Å². The number of benzene rings is 4. The van der Waals surface area contributed by atoms with Crippen molar-refractivity contribution in [2.75, 3.05) is 46.9 Å². The van der Waals surface area contributed by atoms with E-state index in [1.165, 1.54) is 28.6 Å². The number of hydrogen-bond donors (Lipinski definition) is 10. The molecule has 4 aromatic carbocycles. The van der Waals surface area contributed by atoms with Crippen LogP contribution in [0.2, 0.25) is 0 Å². The van der Waals surface area contributed by atoms with Crippen LogP contribution < -0.4 is 56.7 Å². The van der Waals surface area contributed by atoms with Gasteiger partial charge in [0.1, 0.15) is 72.5 Å². The number of nitrogens with one attached hydrogen (secondary N) is 9. The van der Waals surface area contributed by atoms with Gasteiger partial charge in [-0.15, -0.1) is 5.10 Å². The minimum Gasteiger partial charge on any atom is -0.490 e. The monoisotopic (exact) mass is 1460 g/mol. The summed E-state index contributed by atoms with van der Waals surface area (Å²) in [6.07, 6.45) is 4.84. The third-order valence-electron chi connectivity index (χ3n) is 18.9. The second-order valence-electron chi connectivity index (χ2n) is 28.1. The van der Waals surface area contributed by atoms with Crippen molar-refractivity contribution in [3.8, 4) is 22.6 Å². The highest BCUT2D eigenvalue weighted by atomic mass is 32.2. The zero-order valence-corrected chi connectivity index (χ0v) is 60.7. The fraction of sp³-hybridized carbons (Fsp3) is 0.493. The molecule has 5 aromatic rings. The molecule has 2 saturated heterocycles. The molecule has 29 nitrogen and oxygen atoms in total. The van der Waals surface area contributed by atoms with Crippen molar-refractivity contribution in [2.45, 2.75) is 178 Å². The summed E-state index contributed by atoms with van der Waals surface area (Å²) in [5.41, 5.74) is 2.32. The molecule has 104 heavy (non-hydrogen) atoms. The molecule has 0 radical (unpaired) electrons. The van der Waals surface area contributed by atoms with E-state index >= 15 is 9.59 Å².